The first-order valence-corrected chi connectivity index (χ1v) is 10.1. The van der Waals surface area contributed by atoms with E-state index in [1.807, 2.05) is 6.08 Å². The minimum absolute atomic E-state index is 0.0310. The number of hydrogen-bond acceptors (Lipinski definition) is 4. The number of ether oxygens (including phenoxy) is 2. The molecule has 5 rings (SSSR count). The zero-order valence-electron chi connectivity index (χ0n) is 15.9. The van der Waals surface area contributed by atoms with Crippen molar-refractivity contribution in [3.63, 3.8) is 0 Å². The molecule has 3 saturated carbocycles. The van der Waals surface area contributed by atoms with E-state index in [0.29, 0.717) is 43.2 Å². The second-order valence-corrected chi connectivity index (χ2v) is 9.58. The first-order valence-electron chi connectivity index (χ1n) is 10.1. The van der Waals surface area contributed by atoms with Crippen LogP contribution in [0.2, 0.25) is 0 Å². The Morgan fingerprint density at radius 2 is 1.88 bits per heavy atom. The number of carbonyl (C=O) groups excluding carboxylic acids is 2. The summed E-state index contributed by atoms with van der Waals surface area (Å²) in [5, 5.41) is 0. The second-order valence-electron chi connectivity index (χ2n) is 9.58. The van der Waals surface area contributed by atoms with Crippen LogP contribution in [0, 0.1) is 34.5 Å². The van der Waals surface area contributed by atoms with E-state index in [0.717, 1.165) is 24.8 Å². The van der Waals surface area contributed by atoms with E-state index in [9.17, 15) is 9.59 Å². The quantitative estimate of drug-likeness (QED) is 0.667. The molecule has 26 heavy (non-hydrogen) atoms. The Bertz CT molecular complexity index is 743. The molecule has 0 aromatic carbocycles. The van der Waals surface area contributed by atoms with Crippen LogP contribution in [0.1, 0.15) is 46.5 Å². The lowest BCUT2D eigenvalue weighted by atomic mass is 9.45. The molecule has 0 bridgehead atoms. The fourth-order valence-electron chi connectivity index (χ4n) is 7.22. The van der Waals surface area contributed by atoms with Crippen molar-refractivity contribution in [3.8, 4) is 0 Å². The molecule has 140 valence electrons. The molecule has 0 amide bonds. The topological polar surface area (TPSA) is 52.6 Å². The molecule has 0 aromatic rings. The molecule has 1 heterocycles. The monoisotopic (exact) mass is 356 g/mol. The predicted octanol–water partition coefficient (Wildman–Crippen LogP) is 3.46. The minimum atomic E-state index is -0.562. The lowest BCUT2D eigenvalue weighted by Crippen LogP contribution is -2.60. The Kier molecular flexibility index (Phi) is 3.36. The maximum Gasteiger partial charge on any atom is 0.178 e. The highest BCUT2D eigenvalue weighted by atomic mass is 16.7. The number of allylic oxidation sites excluding steroid dienone is 4. The highest BCUT2D eigenvalue weighted by molar-refractivity contribution is 6.01. The van der Waals surface area contributed by atoms with Gasteiger partial charge in [-0.05, 0) is 42.7 Å². The first kappa shape index (κ1) is 16.9. The van der Waals surface area contributed by atoms with Crippen LogP contribution in [0.5, 0.6) is 0 Å². The maximum atomic E-state index is 13.5. The van der Waals surface area contributed by atoms with Gasteiger partial charge in [0.1, 0.15) is 5.78 Å². The van der Waals surface area contributed by atoms with E-state index in [2.05, 4.69) is 20.8 Å². The molecule has 6 atom stereocenters. The third-order valence-electron chi connectivity index (χ3n) is 8.41. The molecule has 5 aliphatic rings. The van der Waals surface area contributed by atoms with Gasteiger partial charge in [-0.25, -0.2) is 0 Å². The normalized spacial score (nSPS) is 49.0. The van der Waals surface area contributed by atoms with Crippen LogP contribution in [-0.2, 0) is 19.1 Å². The summed E-state index contributed by atoms with van der Waals surface area (Å²) >= 11 is 0. The smallest absolute Gasteiger partial charge is 0.178 e. The summed E-state index contributed by atoms with van der Waals surface area (Å²) in [7, 11) is 0. The van der Waals surface area contributed by atoms with Crippen molar-refractivity contribution in [2.75, 3.05) is 13.2 Å². The number of carbonyl (C=O) groups is 2. The van der Waals surface area contributed by atoms with Gasteiger partial charge < -0.3 is 9.47 Å². The Morgan fingerprint density at radius 3 is 2.62 bits per heavy atom. The Labute approximate surface area is 155 Å². The number of ketones is 2. The molecular formula is C22H28O4. The van der Waals surface area contributed by atoms with Crippen molar-refractivity contribution in [3.05, 3.63) is 23.8 Å². The summed E-state index contributed by atoms with van der Waals surface area (Å²) in [5.74, 6) is 0.946. The van der Waals surface area contributed by atoms with Crippen molar-refractivity contribution < 1.29 is 19.1 Å². The third kappa shape index (κ3) is 1.87. The summed E-state index contributed by atoms with van der Waals surface area (Å²) in [6.45, 7) is 7.93. The summed E-state index contributed by atoms with van der Waals surface area (Å²) in [5.41, 5.74) is 0.607. The van der Waals surface area contributed by atoms with Gasteiger partial charge in [0.05, 0.1) is 13.2 Å². The van der Waals surface area contributed by atoms with E-state index in [1.165, 1.54) is 0 Å². The van der Waals surface area contributed by atoms with Crippen molar-refractivity contribution in [1.29, 1.82) is 0 Å². The predicted molar refractivity (Wildman–Crippen MR) is 96.2 cm³/mol. The van der Waals surface area contributed by atoms with Crippen molar-refractivity contribution >= 4 is 11.6 Å². The first-order chi connectivity index (χ1) is 12.3. The van der Waals surface area contributed by atoms with Crippen LogP contribution in [0.4, 0.5) is 0 Å². The molecule has 6 unspecified atom stereocenters. The van der Waals surface area contributed by atoms with Gasteiger partial charge in [-0.3, -0.25) is 9.59 Å². The van der Waals surface area contributed by atoms with Gasteiger partial charge in [-0.15, -0.1) is 0 Å². The molecular weight excluding hydrogens is 328 g/mol. The molecule has 4 nitrogen and oxygen atoms in total. The molecule has 1 saturated heterocycles. The van der Waals surface area contributed by atoms with Crippen LogP contribution < -0.4 is 0 Å². The maximum absolute atomic E-state index is 13.5. The third-order valence-corrected chi connectivity index (χ3v) is 8.41. The number of fused-ring (bicyclic) bond motifs is 6. The Balaban J connectivity index is 1.60. The van der Waals surface area contributed by atoms with E-state index in [1.54, 1.807) is 12.2 Å². The largest absolute Gasteiger partial charge is 0.347 e. The second kappa shape index (κ2) is 5.17. The zero-order valence-corrected chi connectivity index (χ0v) is 15.9. The lowest BCUT2D eigenvalue weighted by molar-refractivity contribution is -0.240. The molecule has 0 radical (unpaired) electrons. The molecule has 1 aliphatic heterocycles. The van der Waals surface area contributed by atoms with Crippen molar-refractivity contribution in [1.82, 2.24) is 0 Å². The number of Topliss-reactive ketones (excluding diaryl/α,β-unsaturated/α-hetero) is 1. The van der Waals surface area contributed by atoms with Gasteiger partial charge in [-0.1, -0.05) is 32.4 Å². The van der Waals surface area contributed by atoms with E-state index < -0.39 is 5.79 Å². The van der Waals surface area contributed by atoms with Crippen LogP contribution in [-0.4, -0.2) is 30.6 Å². The molecule has 4 fully saturated rings. The molecule has 0 N–H and O–H groups in total. The van der Waals surface area contributed by atoms with Gasteiger partial charge in [0.25, 0.3) is 0 Å². The standard InChI is InChI=1S/C22H28O4/c1-13-10-14-11-15(23)4-6-20(14,2)19-17(24)12-21(3)16(18(13)19)5-7-22(21)25-8-9-26-22/h4,6,11,13,16,18-19H,5,7-10,12H2,1-3H3. The van der Waals surface area contributed by atoms with Crippen LogP contribution in [0.25, 0.3) is 0 Å². The zero-order chi connectivity index (χ0) is 18.3. The fraction of sp³-hybridized carbons (Fsp3) is 0.727. The molecule has 4 heteroatoms. The van der Waals surface area contributed by atoms with Gasteiger partial charge >= 0.3 is 0 Å². The van der Waals surface area contributed by atoms with Gasteiger partial charge in [-0.2, -0.15) is 0 Å². The van der Waals surface area contributed by atoms with Crippen LogP contribution >= 0.6 is 0 Å². The minimum Gasteiger partial charge on any atom is -0.347 e. The fourth-order valence-corrected chi connectivity index (χ4v) is 7.22. The van der Waals surface area contributed by atoms with Crippen LogP contribution in [0.3, 0.4) is 0 Å². The van der Waals surface area contributed by atoms with Gasteiger partial charge in [0, 0.05) is 29.6 Å². The van der Waals surface area contributed by atoms with Crippen molar-refractivity contribution in [2.45, 2.75) is 52.2 Å². The Morgan fingerprint density at radius 1 is 1.15 bits per heavy atom. The average Bonchev–Trinajstić information content (AvgIpc) is 3.16. The van der Waals surface area contributed by atoms with Gasteiger partial charge in [0.2, 0.25) is 0 Å². The summed E-state index contributed by atoms with van der Waals surface area (Å²) < 4.78 is 12.3. The highest BCUT2D eigenvalue weighted by Crippen LogP contribution is 2.68. The Hall–Kier alpha value is -1.26. The van der Waals surface area contributed by atoms with Crippen LogP contribution in [0.15, 0.2) is 23.8 Å². The SMILES string of the molecule is CC1CC2=CC(=O)C=CC2(C)C2C(=O)CC3(C)C(CCC34OCCO4)C12. The summed E-state index contributed by atoms with van der Waals surface area (Å²) in [6.07, 6.45) is 8.85. The van der Waals surface area contributed by atoms with E-state index in [-0.39, 0.29) is 22.5 Å². The molecule has 1 spiro atoms. The van der Waals surface area contributed by atoms with Gasteiger partial charge in [0.15, 0.2) is 11.6 Å². The molecule has 4 aliphatic carbocycles. The summed E-state index contributed by atoms with van der Waals surface area (Å²) in [6, 6.07) is 0. The average molecular weight is 356 g/mol. The highest BCUT2D eigenvalue weighted by Gasteiger charge is 2.69. The van der Waals surface area contributed by atoms with Crippen molar-refractivity contribution in [2.24, 2.45) is 34.5 Å². The number of rotatable bonds is 0. The van der Waals surface area contributed by atoms with E-state index >= 15 is 0 Å². The molecule has 0 aromatic heterocycles. The lowest BCUT2D eigenvalue weighted by Gasteiger charge is -2.58. The number of hydrogen-bond donors (Lipinski definition) is 0. The van der Waals surface area contributed by atoms with E-state index in [4.69, 9.17) is 9.47 Å². The summed E-state index contributed by atoms with van der Waals surface area (Å²) in [4.78, 5) is 25.5.